The summed E-state index contributed by atoms with van der Waals surface area (Å²) in [5.74, 6) is 1.65. The van der Waals surface area contributed by atoms with E-state index in [0.29, 0.717) is 6.04 Å². The Balaban J connectivity index is 1.61. The maximum Gasteiger partial charge on any atom is 0.124 e. The fourth-order valence-electron chi connectivity index (χ4n) is 3.65. The highest BCUT2D eigenvalue weighted by molar-refractivity contribution is 9.10. The first-order valence-corrected chi connectivity index (χ1v) is 7.70. The van der Waals surface area contributed by atoms with Gasteiger partial charge < -0.3 is 5.32 Å². The van der Waals surface area contributed by atoms with Crippen LogP contribution < -0.4 is 5.32 Å². The highest BCUT2D eigenvalue weighted by Crippen LogP contribution is 2.39. The molecule has 3 rings (SSSR count). The molecule has 1 N–H and O–H groups in total. The van der Waals surface area contributed by atoms with Crippen LogP contribution in [0.15, 0.2) is 22.7 Å². The van der Waals surface area contributed by atoms with Gasteiger partial charge in [0.25, 0.3) is 0 Å². The number of halogens is 2. The smallest absolute Gasteiger partial charge is 0.124 e. The third kappa shape index (κ3) is 2.48. The highest BCUT2D eigenvalue weighted by Gasteiger charge is 2.38. The molecular weight excluding hydrogens is 293 g/mol. The van der Waals surface area contributed by atoms with Crippen molar-refractivity contribution in [3.8, 4) is 0 Å². The van der Waals surface area contributed by atoms with Gasteiger partial charge in [0.1, 0.15) is 5.82 Å². The first kappa shape index (κ1) is 12.6. The van der Waals surface area contributed by atoms with Gasteiger partial charge in [0.2, 0.25) is 0 Å². The molecule has 1 aliphatic heterocycles. The lowest BCUT2D eigenvalue weighted by Crippen LogP contribution is -2.27. The monoisotopic (exact) mass is 311 g/mol. The largest absolute Gasteiger partial charge is 0.313 e. The maximum atomic E-state index is 13.0. The third-order valence-corrected chi connectivity index (χ3v) is 5.35. The summed E-state index contributed by atoms with van der Waals surface area (Å²) in [5, 5.41) is 3.67. The summed E-state index contributed by atoms with van der Waals surface area (Å²) in [7, 11) is 0. The fourth-order valence-corrected chi connectivity index (χ4v) is 4.20. The molecule has 1 aliphatic carbocycles. The number of rotatable bonds is 3. The second-order valence-electron chi connectivity index (χ2n) is 5.64. The third-order valence-electron chi connectivity index (χ3n) is 4.62. The zero-order valence-corrected chi connectivity index (χ0v) is 12.0. The van der Waals surface area contributed by atoms with Crippen LogP contribution in [0.4, 0.5) is 4.39 Å². The lowest BCUT2D eigenvalue weighted by Gasteiger charge is -2.18. The Morgan fingerprint density at radius 3 is 3.06 bits per heavy atom. The number of aryl methyl sites for hydroxylation is 1. The summed E-state index contributed by atoms with van der Waals surface area (Å²) < 4.78 is 13.9. The van der Waals surface area contributed by atoms with Crippen molar-refractivity contribution >= 4 is 15.9 Å². The Morgan fingerprint density at radius 1 is 1.33 bits per heavy atom. The Hall–Kier alpha value is -0.410. The standard InChI is InChI=1S/C15H19BrFN/c16-14-8-12(17)6-4-10(14)5-7-15-13-3-1-2-11(13)9-18-15/h4,6,8,11,13,15,18H,1-3,5,7,9H2. The Labute approximate surface area is 116 Å². The van der Waals surface area contributed by atoms with Gasteiger partial charge in [-0.25, -0.2) is 4.39 Å². The predicted molar refractivity (Wildman–Crippen MR) is 75.0 cm³/mol. The number of hydrogen-bond acceptors (Lipinski definition) is 1. The summed E-state index contributed by atoms with van der Waals surface area (Å²) in [6.45, 7) is 1.21. The van der Waals surface area contributed by atoms with Gasteiger partial charge in [0.05, 0.1) is 0 Å². The van der Waals surface area contributed by atoms with Crippen LogP contribution in [0.1, 0.15) is 31.2 Å². The van der Waals surface area contributed by atoms with Crippen molar-refractivity contribution in [3.05, 3.63) is 34.1 Å². The Kier molecular flexibility index (Phi) is 3.71. The Bertz CT molecular complexity index is 435. The molecule has 3 unspecified atom stereocenters. The van der Waals surface area contributed by atoms with E-state index in [-0.39, 0.29) is 5.82 Å². The second-order valence-corrected chi connectivity index (χ2v) is 6.50. The molecule has 1 saturated heterocycles. The summed E-state index contributed by atoms with van der Waals surface area (Å²) >= 11 is 3.45. The van der Waals surface area contributed by atoms with E-state index in [4.69, 9.17) is 0 Å². The van der Waals surface area contributed by atoms with Gasteiger partial charge in [-0.1, -0.05) is 28.4 Å². The minimum absolute atomic E-state index is 0.166. The van der Waals surface area contributed by atoms with E-state index >= 15 is 0 Å². The predicted octanol–water partition coefficient (Wildman–Crippen LogP) is 3.91. The molecular formula is C15H19BrFN. The normalized spacial score (nSPS) is 30.7. The average Bonchev–Trinajstić information content (AvgIpc) is 2.91. The Morgan fingerprint density at radius 2 is 2.22 bits per heavy atom. The molecule has 3 atom stereocenters. The van der Waals surface area contributed by atoms with Crippen molar-refractivity contribution in [2.45, 2.75) is 38.1 Å². The van der Waals surface area contributed by atoms with E-state index in [2.05, 4.69) is 21.2 Å². The van der Waals surface area contributed by atoms with Crippen molar-refractivity contribution in [1.29, 1.82) is 0 Å². The minimum Gasteiger partial charge on any atom is -0.313 e. The zero-order valence-electron chi connectivity index (χ0n) is 10.5. The molecule has 1 heterocycles. The van der Waals surface area contributed by atoms with Crippen molar-refractivity contribution in [2.75, 3.05) is 6.54 Å². The van der Waals surface area contributed by atoms with E-state index in [0.717, 1.165) is 22.7 Å². The van der Waals surface area contributed by atoms with Crippen molar-refractivity contribution < 1.29 is 4.39 Å². The molecule has 0 bridgehead atoms. The van der Waals surface area contributed by atoms with Crippen LogP contribution in [0.25, 0.3) is 0 Å². The minimum atomic E-state index is -0.166. The molecule has 1 aromatic carbocycles. The molecule has 0 aromatic heterocycles. The molecule has 1 saturated carbocycles. The first-order chi connectivity index (χ1) is 8.74. The van der Waals surface area contributed by atoms with Crippen LogP contribution >= 0.6 is 15.9 Å². The van der Waals surface area contributed by atoms with Gasteiger partial charge in [-0.15, -0.1) is 0 Å². The molecule has 0 spiro atoms. The van der Waals surface area contributed by atoms with Crippen LogP contribution in [0, 0.1) is 17.7 Å². The molecule has 1 nitrogen and oxygen atoms in total. The fraction of sp³-hybridized carbons (Fsp3) is 0.600. The van der Waals surface area contributed by atoms with E-state index < -0.39 is 0 Å². The average molecular weight is 312 g/mol. The summed E-state index contributed by atoms with van der Waals surface area (Å²) in [4.78, 5) is 0. The summed E-state index contributed by atoms with van der Waals surface area (Å²) in [6, 6.07) is 5.70. The zero-order chi connectivity index (χ0) is 12.5. The lowest BCUT2D eigenvalue weighted by molar-refractivity contribution is 0.393. The van der Waals surface area contributed by atoms with Crippen molar-refractivity contribution in [1.82, 2.24) is 5.32 Å². The molecule has 18 heavy (non-hydrogen) atoms. The molecule has 0 radical (unpaired) electrons. The van der Waals surface area contributed by atoms with Gasteiger partial charge in [-0.05, 0) is 61.8 Å². The number of nitrogens with one attached hydrogen (secondary N) is 1. The van der Waals surface area contributed by atoms with Gasteiger partial charge in [-0.2, -0.15) is 0 Å². The highest BCUT2D eigenvalue weighted by atomic mass is 79.9. The molecule has 1 aromatic rings. The van der Waals surface area contributed by atoms with Crippen LogP contribution in [-0.4, -0.2) is 12.6 Å². The van der Waals surface area contributed by atoms with Crippen LogP contribution in [-0.2, 0) is 6.42 Å². The van der Waals surface area contributed by atoms with Crippen molar-refractivity contribution in [3.63, 3.8) is 0 Å². The molecule has 98 valence electrons. The van der Waals surface area contributed by atoms with Gasteiger partial charge >= 0.3 is 0 Å². The van der Waals surface area contributed by atoms with E-state index in [1.807, 2.05) is 6.07 Å². The molecule has 3 heteroatoms. The second kappa shape index (κ2) is 5.30. The van der Waals surface area contributed by atoms with Crippen LogP contribution in [0.3, 0.4) is 0 Å². The quantitative estimate of drug-likeness (QED) is 0.892. The summed E-state index contributed by atoms with van der Waals surface area (Å²) in [5.41, 5.74) is 1.22. The van der Waals surface area contributed by atoms with Crippen LogP contribution in [0.2, 0.25) is 0 Å². The van der Waals surface area contributed by atoms with Gasteiger partial charge in [0, 0.05) is 10.5 Å². The summed E-state index contributed by atoms with van der Waals surface area (Å²) in [6.07, 6.45) is 6.42. The van der Waals surface area contributed by atoms with E-state index in [9.17, 15) is 4.39 Å². The first-order valence-electron chi connectivity index (χ1n) is 6.91. The van der Waals surface area contributed by atoms with Gasteiger partial charge in [0.15, 0.2) is 0 Å². The SMILES string of the molecule is Fc1ccc(CCC2NCC3CCCC32)c(Br)c1. The van der Waals surface area contributed by atoms with Crippen molar-refractivity contribution in [2.24, 2.45) is 11.8 Å². The molecule has 2 fully saturated rings. The number of hydrogen-bond donors (Lipinski definition) is 1. The maximum absolute atomic E-state index is 13.0. The van der Waals surface area contributed by atoms with E-state index in [1.165, 1.54) is 37.8 Å². The number of benzene rings is 1. The molecule has 2 aliphatic rings. The lowest BCUT2D eigenvalue weighted by atomic mass is 9.90. The number of fused-ring (bicyclic) bond motifs is 1. The topological polar surface area (TPSA) is 12.0 Å². The molecule has 0 amide bonds. The van der Waals surface area contributed by atoms with E-state index in [1.54, 1.807) is 12.1 Å². The van der Waals surface area contributed by atoms with Crippen LogP contribution in [0.5, 0.6) is 0 Å². The van der Waals surface area contributed by atoms with Gasteiger partial charge in [-0.3, -0.25) is 0 Å².